The van der Waals surface area contributed by atoms with Gasteiger partial charge in [-0.15, -0.1) is 0 Å². The van der Waals surface area contributed by atoms with E-state index >= 15 is 0 Å². The highest BCUT2D eigenvalue weighted by molar-refractivity contribution is 5.20. The van der Waals surface area contributed by atoms with Gasteiger partial charge in [-0.25, -0.2) is 0 Å². The van der Waals surface area contributed by atoms with Crippen LogP contribution in [0.3, 0.4) is 0 Å². The molecule has 4 nitrogen and oxygen atoms in total. The highest BCUT2D eigenvalue weighted by Gasteiger charge is 2.34. The molecule has 1 atom stereocenters. The molecule has 2 rings (SSSR count). The molecule has 1 saturated heterocycles. The predicted octanol–water partition coefficient (Wildman–Crippen LogP) is 3.12. The molecule has 1 unspecified atom stereocenters. The number of hydrogen-bond acceptors (Lipinski definition) is 4. The minimum Gasteiger partial charge on any atom is -0.375 e. The summed E-state index contributed by atoms with van der Waals surface area (Å²) in [6, 6.07) is 0.530. The molecule has 0 aliphatic carbocycles. The van der Waals surface area contributed by atoms with Crippen molar-refractivity contribution >= 4 is 0 Å². The topological polar surface area (TPSA) is 47.3 Å². The molecule has 0 radical (unpaired) electrons. The Morgan fingerprint density at radius 3 is 2.63 bits per heavy atom. The van der Waals surface area contributed by atoms with Crippen LogP contribution in [0.15, 0.2) is 4.52 Å². The SMILES string of the molecule is CCC1(CC)CC(NCc2c(C)noc2C)CCO1. The molecule has 108 valence electrons. The average Bonchev–Trinajstić information content (AvgIpc) is 2.76. The largest absolute Gasteiger partial charge is 0.375 e. The molecule has 0 amide bonds. The van der Waals surface area contributed by atoms with Crippen molar-refractivity contribution in [2.75, 3.05) is 6.61 Å². The van der Waals surface area contributed by atoms with Gasteiger partial charge in [-0.3, -0.25) is 0 Å². The summed E-state index contributed by atoms with van der Waals surface area (Å²) >= 11 is 0. The fourth-order valence-corrected chi connectivity index (χ4v) is 2.95. The summed E-state index contributed by atoms with van der Waals surface area (Å²) < 4.78 is 11.2. The van der Waals surface area contributed by atoms with Gasteiger partial charge in [-0.2, -0.15) is 0 Å². The number of aryl methyl sites for hydroxylation is 2. The number of hydrogen-bond donors (Lipinski definition) is 1. The third kappa shape index (κ3) is 3.18. The predicted molar refractivity (Wildman–Crippen MR) is 75.1 cm³/mol. The molecule has 1 fully saturated rings. The molecule has 1 aliphatic heterocycles. The normalized spacial score (nSPS) is 22.6. The second-order valence-corrected chi connectivity index (χ2v) is 5.61. The first-order chi connectivity index (χ1) is 9.10. The Hall–Kier alpha value is -0.870. The van der Waals surface area contributed by atoms with Crippen LogP contribution in [0.4, 0.5) is 0 Å². The summed E-state index contributed by atoms with van der Waals surface area (Å²) in [6.07, 6.45) is 4.37. The van der Waals surface area contributed by atoms with E-state index in [-0.39, 0.29) is 5.60 Å². The highest BCUT2D eigenvalue weighted by atomic mass is 16.5. The van der Waals surface area contributed by atoms with E-state index in [0.29, 0.717) is 6.04 Å². The number of nitrogens with one attached hydrogen (secondary N) is 1. The lowest BCUT2D eigenvalue weighted by molar-refractivity contribution is -0.0932. The second-order valence-electron chi connectivity index (χ2n) is 5.61. The molecule has 1 N–H and O–H groups in total. The van der Waals surface area contributed by atoms with Crippen LogP contribution in [0.5, 0.6) is 0 Å². The van der Waals surface area contributed by atoms with Crippen molar-refractivity contribution in [1.82, 2.24) is 10.5 Å². The van der Waals surface area contributed by atoms with Gasteiger partial charge >= 0.3 is 0 Å². The summed E-state index contributed by atoms with van der Waals surface area (Å²) in [6.45, 7) is 10.1. The molecule has 1 aromatic heterocycles. The first-order valence-corrected chi connectivity index (χ1v) is 7.39. The van der Waals surface area contributed by atoms with Crippen molar-refractivity contribution in [3.05, 3.63) is 17.0 Å². The van der Waals surface area contributed by atoms with Crippen LogP contribution in [0.2, 0.25) is 0 Å². The van der Waals surface area contributed by atoms with E-state index in [0.717, 1.165) is 50.3 Å². The van der Waals surface area contributed by atoms with Crippen molar-refractivity contribution < 1.29 is 9.26 Å². The van der Waals surface area contributed by atoms with Crippen molar-refractivity contribution in [3.8, 4) is 0 Å². The van der Waals surface area contributed by atoms with Gasteiger partial charge in [0.1, 0.15) is 5.76 Å². The maximum atomic E-state index is 6.01. The van der Waals surface area contributed by atoms with E-state index in [2.05, 4.69) is 24.3 Å². The Morgan fingerprint density at radius 1 is 1.32 bits per heavy atom. The van der Waals surface area contributed by atoms with Crippen LogP contribution in [-0.4, -0.2) is 23.4 Å². The van der Waals surface area contributed by atoms with Gasteiger partial charge in [0.2, 0.25) is 0 Å². The number of rotatable bonds is 5. The zero-order valence-corrected chi connectivity index (χ0v) is 12.6. The lowest BCUT2D eigenvalue weighted by atomic mass is 9.86. The van der Waals surface area contributed by atoms with Gasteiger partial charge in [0, 0.05) is 24.8 Å². The van der Waals surface area contributed by atoms with Gasteiger partial charge in [0.25, 0.3) is 0 Å². The van der Waals surface area contributed by atoms with Crippen LogP contribution in [0, 0.1) is 13.8 Å². The Bertz CT molecular complexity index is 391. The van der Waals surface area contributed by atoms with E-state index in [1.165, 1.54) is 5.56 Å². The summed E-state index contributed by atoms with van der Waals surface area (Å²) in [4.78, 5) is 0. The fraction of sp³-hybridized carbons (Fsp3) is 0.800. The van der Waals surface area contributed by atoms with E-state index < -0.39 is 0 Å². The molecule has 19 heavy (non-hydrogen) atoms. The average molecular weight is 266 g/mol. The minimum atomic E-state index is 0.0780. The number of aromatic nitrogens is 1. The fourth-order valence-electron chi connectivity index (χ4n) is 2.95. The maximum Gasteiger partial charge on any atom is 0.138 e. The van der Waals surface area contributed by atoms with Crippen LogP contribution in [0.1, 0.15) is 56.5 Å². The van der Waals surface area contributed by atoms with Crippen LogP contribution < -0.4 is 5.32 Å². The minimum absolute atomic E-state index is 0.0780. The number of ether oxygens (including phenoxy) is 1. The lowest BCUT2D eigenvalue weighted by Gasteiger charge is -2.40. The van der Waals surface area contributed by atoms with E-state index in [4.69, 9.17) is 9.26 Å². The van der Waals surface area contributed by atoms with Crippen molar-refractivity contribution in [2.24, 2.45) is 0 Å². The first kappa shape index (κ1) is 14.5. The summed E-state index contributed by atoms with van der Waals surface area (Å²) in [5.74, 6) is 0.925. The molecule has 1 aromatic rings. The van der Waals surface area contributed by atoms with Gasteiger partial charge in [-0.1, -0.05) is 19.0 Å². The Labute approximate surface area is 115 Å². The monoisotopic (exact) mass is 266 g/mol. The summed E-state index contributed by atoms with van der Waals surface area (Å²) in [7, 11) is 0. The zero-order chi connectivity index (χ0) is 13.9. The van der Waals surface area contributed by atoms with E-state index in [1.54, 1.807) is 0 Å². The Kier molecular flexibility index (Phi) is 4.63. The van der Waals surface area contributed by atoms with Gasteiger partial charge < -0.3 is 14.6 Å². The first-order valence-electron chi connectivity index (χ1n) is 7.39. The quantitative estimate of drug-likeness (QED) is 0.889. The van der Waals surface area contributed by atoms with Gasteiger partial charge in [-0.05, 0) is 39.5 Å². The van der Waals surface area contributed by atoms with Crippen LogP contribution in [0.25, 0.3) is 0 Å². The van der Waals surface area contributed by atoms with Crippen molar-refractivity contribution in [3.63, 3.8) is 0 Å². The second kappa shape index (κ2) is 6.06. The van der Waals surface area contributed by atoms with Crippen molar-refractivity contribution in [2.45, 2.75) is 71.6 Å². The molecule has 0 saturated carbocycles. The van der Waals surface area contributed by atoms with E-state index in [1.807, 2.05) is 13.8 Å². The van der Waals surface area contributed by atoms with Crippen LogP contribution >= 0.6 is 0 Å². The third-order valence-electron chi connectivity index (χ3n) is 4.53. The molecular weight excluding hydrogens is 240 g/mol. The summed E-state index contributed by atoms with van der Waals surface area (Å²) in [5.41, 5.74) is 2.27. The Morgan fingerprint density at radius 2 is 2.05 bits per heavy atom. The lowest BCUT2D eigenvalue weighted by Crippen LogP contribution is -2.46. The molecular formula is C15H26N2O2. The summed E-state index contributed by atoms with van der Waals surface area (Å²) in [5, 5.41) is 7.65. The Balaban J connectivity index is 1.93. The standard InChI is InChI=1S/C15H26N2O2/c1-5-15(6-2)9-13(7-8-18-15)16-10-14-11(3)17-19-12(14)4/h13,16H,5-10H2,1-4H3. The van der Waals surface area contributed by atoms with Gasteiger partial charge in [0.15, 0.2) is 0 Å². The van der Waals surface area contributed by atoms with Crippen LogP contribution in [-0.2, 0) is 11.3 Å². The number of nitrogens with zero attached hydrogens (tertiary/aromatic N) is 1. The molecule has 4 heteroatoms. The smallest absolute Gasteiger partial charge is 0.138 e. The molecule has 2 heterocycles. The molecule has 0 aromatic carbocycles. The van der Waals surface area contributed by atoms with E-state index in [9.17, 15) is 0 Å². The van der Waals surface area contributed by atoms with Crippen molar-refractivity contribution in [1.29, 1.82) is 0 Å². The highest BCUT2D eigenvalue weighted by Crippen LogP contribution is 2.31. The zero-order valence-electron chi connectivity index (χ0n) is 12.6. The molecule has 0 bridgehead atoms. The molecule has 0 spiro atoms. The molecule has 1 aliphatic rings. The van der Waals surface area contributed by atoms with Gasteiger partial charge in [0.05, 0.1) is 11.3 Å². The maximum absolute atomic E-state index is 6.01. The third-order valence-corrected chi connectivity index (χ3v) is 4.53.